The molecule has 0 bridgehead atoms. The van der Waals surface area contributed by atoms with Crippen LogP contribution in [0.5, 0.6) is 0 Å². The Morgan fingerprint density at radius 3 is 1.98 bits per heavy atom. The summed E-state index contributed by atoms with van der Waals surface area (Å²) in [5.41, 5.74) is -0.402. The number of carbonyl (C=O) groups excluding carboxylic acids is 2. The average molecular weight is 594 g/mol. The normalized spacial score (nSPS) is 12.9. The van der Waals surface area contributed by atoms with Crippen molar-refractivity contribution in [3.63, 3.8) is 0 Å². The first kappa shape index (κ1) is 35.0. The van der Waals surface area contributed by atoms with Crippen LogP contribution in [0.3, 0.4) is 0 Å². The molecule has 0 saturated heterocycles. The molecule has 40 heavy (non-hydrogen) atoms. The number of imidazole rings is 1. The molecule has 2 aromatic rings. The molecule has 0 amide bonds. The Kier molecular flexibility index (Phi) is 14.2. The van der Waals surface area contributed by atoms with Crippen molar-refractivity contribution in [2.24, 2.45) is 0 Å². The van der Waals surface area contributed by atoms with Crippen LogP contribution in [-0.4, -0.2) is 91.8 Å². The van der Waals surface area contributed by atoms with Gasteiger partial charge in [0.2, 0.25) is 6.79 Å². The standard InChI is InChI=1S/C14H24N5O5P.C9H16O6/c1-4-14(7-20,24-10-25(21,22)23)19-9-17-11-12(18(5-2)6-3)15-8-16-13(11)19;1-6(2)14-8(10)12-5-13-9(11)15-7(3)4/h8-9,20H,4-7,10H2,1-3H3,(H2,21,22,23);6-7H,5H2,1-4H3. The Balaban J connectivity index is 0.000000459. The van der Waals surface area contributed by atoms with E-state index >= 15 is 0 Å². The quantitative estimate of drug-likeness (QED) is 0.173. The molecule has 1 unspecified atom stereocenters. The van der Waals surface area contributed by atoms with Crippen molar-refractivity contribution < 1.29 is 52.7 Å². The third kappa shape index (κ3) is 10.8. The fourth-order valence-corrected chi connectivity index (χ4v) is 3.64. The number of aliphatic hydroxyl groups excluding tert-OH is 1. The van der Waals surface area contributed by atoms with Crippen molar-refractivity contribution in [3.05, 3.63) is 12.7 Å². The second-order valence-corrected chi connectivity index (χ2v) is 10.4. The molecule has 0 radical (unpaired) electrons. The van der Waals surface area contributed by atoms with E-state index in [9.17, 15) is 19.3 Å². The highest BCUT2D eigenvalue weighted by atomic mass is 31.2. The first-order valence-electron chi connectivity index (χ1n) is 12.6. The first-order chi connectivity index (χ1) is 18.7. The van der Waals surface area contributed by atoms with Crippen LogP contribution in [0.1, 0.15) is 54.9 Å². The largest absolute Gasteiger partial charge is 0.511 e. The van der Waals surface area contributed by atoms with E-state index in [1.165, 1.54) is 17.2 Å². The zero-order valence-electron chi connectivity index (χ0n) is 23.8. The van der Waals surface area contributed by atoms with Gasteiger partial charge in [0.15, 0.2) is 29.1 Å². The lowest BCUT2D eigenvalue weighted by Gasteiger charge is -2.32. The van der Waals surface area contributed by atoms with E-state index in [2.05, 4.69) is 33.9 Å². The van der Waals surface area contributed by atoms with Gasteiger partial charge in [-0.1, -0.05) is 6.92 Å². The van der Waals surface area contributed by atoms with Gasteiger partial charge < -0.3 is 43.5 Å². The molecular formula is C23H40N5O11P. The maximum absolute atomic E-state index is 11.2. The lowest BCUT2D eigenvalue weighted by atomic mass is 10.1. The van der Waals surface area contributed by atoms with Crippen molar-refractivity contribution in [3.8, 4) is 0 Å². The fourth-order valence-electron chi connectivity index (χ4n) is 3.23. The maximum atomic E-state index is 11.2. The van der Waals surface area contributed by atoms with Crippen molar-refractivity contribution in [2.45, 2.75) is 72.8 Å². The van der Waals surface area contributed by atoms with Crippen LogP contribution >= 0.6 is 7.60 Å². The Hall–Kier alpha value is -3.04. The van der Waals surface area contributed by atoms with Gasteiger partial charge in [0, 0.05) is 13.1 Å². The fraction of sp³-hybridized carbons (Fsp3) is 0.696. The van der Waals surface area contributed by atoms with Crippen molar-refractivity contribution in [1.29, 1.82) is 0 Å². The predicted molar refractivity (Wildman–Crippen MR) is 143 cm³/mol. The number of hydrogen-bond donors (Lipinski definition) is 3. The maximum Gasteiger partial charge on any atom is 0.511 e. The minimum Gasteiger partial charge on any atom is -0.431 e. The van der Waals surface area contributed by atoms with E-state index in [0.717, 1.165) is 13.1 Å². The zero-order valence-corrected chi connectivity index (χ0v) is 24.7. The molecule has 228 valence electrons. The van der Waals surface area contributed by atoms with Crippen LogP contribution in [0.2, 0.25) is 0 Å². The van der Waals surface area contributed by atoms with Gasteiger partial charge in [0.05, 0.1) is 25.1 Å². The minimum absolute atomic E-state index is 0.263. The van der Waals surface area contributed by atoms with Crippen molar-refractivity contribution in [2.75, 3.05) is 37.7 Å². The third-order valence-corrected chi connectivity index (χ3v) is 5.60. The molecule has 0 fully saturated rings. The number of hydrogen-bond acceptors (Lipinski definition) is 13. The zero-order chi connectivity index (χ0) is 30.5. The summed E-state index contributed by atoms with van der Waals surface area (Å²) in [6.07, 6.45) is -0.0279. The van der Waals surface area contributed by atoms with Crippen molar-refractivity contribution in [1.82, 2.24) is 19.5 Å². The van der Waals surface area contributed by atoms with Crippen LogP contribution in [0.15, 0.2) is 12.7 Å². The summed E-state index contributed by atoms with van der Waals surface area (Å²) in [5, 5.41) is 9.90. The van der Waals surface area contributed by atoms with Crippen LogP contribution in [0.4, 0.5) is 15.4 Å². The number of aromatic nitrogens is 4. The summed E-state index contributed by atoms with van der Waals surface area (Å²) in [4.78, 5) is 54.7. The molecule has 17 heteroatoms. The summed E-state index contributed by atoms with van der Waals surface area (Å²) in [7, 11) is -4.39. The number of nitrogens with zero attached hydrogens (tertiary/aromatic N) is 5. The minimum atomic E-state index is -4.39. The van der Waals surface area contributed by atoms with Crippen molar-refractivity contribution >= 4 is 36.9 Å². The lowest BCUT2D eigenvalue weighted by molar-refractivity contribution is -0.125. The molecule has 0 aliphatic carbocycles. The third-order valence-electron chi connectivity index (χ3n) is 5.13. The van der Waals surface area contributed by atoms with Gasteiger partial charge >= 0.3 is 19.9 Å². The lowest BCUT2D eigenvalue weighted by Crippen LogP contribution is -2.40. The molecule has 16 nitrogen and oxygen atoms in total. The van der Waals surface area contributed by atoms with Crippen LogP contribution in [0.25, 0.3) is 11.2 Å². The average Bonchev–Trinajstić information content (AvgIpc) is 3.30. The van der Waals surface area contributed by atoms with E-state index < -0.39 is 45.4 Å². The Labute approximate surface area is 232 Å². The van der Waals surface area contributed by atoms with Crippen LogP contribution in [-0.2, 0) is 34.0 Å². The van der Waals surface area contributed by atoms with Gasteiger partial charge in [-0.15, -0.1) is 0 Å². The van der Waals surface area contributed by atoms with Gasteiger partial charge in [0.1, 0.15) is 6.33 Å². The summed E-state index contributed by atoms with van der Waals surface area (Å²) in [6, 6.07) is 0. The topological polar surface area (TPSA) is 205 Å². The molecule has 0 aliphatic heterocycles. The highest BCUT2D eigenvalue weighted by Gasteiger charge is 2.35. The molecule has 0 aliphatic rings. The molecule has 2 aromatic heterocycles. The molecule has 2 rings (SSSR count). The number of rotatable bonds is 13. The van der Waals surface area contributed by atoms with Gasteiger partial charge in [-0.25, -0.2) is 24.5 Å². The highest BCUT2D eigenvalue weighted by molar-refractivity contribution is 7.51. The monoisotopic (exact) mass is 593 g/mol. The van der Waals surface area contributed by atoms with E-state index in [4.69, 9.17) is 14.5 Å². The smallest absolute Gasteiger partial charge is 0.431 e. The second-order valence-electron chi connectivity index (χ2n) is 8.79. The summed E-state index contributed by atoms with van der Waals surface area (Å²) in [5.74, 6) is 0.659. The van der Waals surface area contributed by atoms with Gasteiger partial charge in [0.25, 0.3) is 0 Å². The summed E-state index contributed by atoms with van der Waals surface area (Å²) >= 11 is 0. The van der Waals surface area contributed by atoms with E-state index in [1.54, 1.807) is 34.6 Å². The molecule has 0 aromatic carbocycles. The molecule has 1 atom stereocenters. The van der Waals surface area contributed by atoms with E-state index in [0.29, 0.717) is 17.0 Å². The van der Waals surface area contributed by atoms with E-state index in [1.807, 2.05) is 18.7 Å². The first-order valence-corrected chi connectivity index (χ1v) is 14.4. The van der Waals surface area contributed by atoms with Crippen LogP contribution in [0, 0.1) is 0 Å². The molecule has 3 N–H and O–H groups in total. The Morgan fingerprint density at radius 1 is 1.00 bits per heavy atom. The molecular weight excluding hydrogens is 553 g/mol. The Morgan fingerprint density at radius 2 is 1.55 bits per heavy atom. The second kappa shape index (κ2) is 16.3. The molecule has 0 saturated carbocycles. The molecule has 0 spiro atoms. The highest BCUT2D eigenvalue weighted by Crippen LogP contribution is 2.38. The Bertz CT molecular complexity index is 1090. The number of carbonyl (C=O) groups is 2. The SMILES string of the molecule is CC(C)OC(=O)OCOC(=O)OC(C)C.CCN(CC)c1ncnc2c1ncn2C(CC)(CO)OCP(=O)(O)O. The summed E-state index contributed by atoms with van der Waals surface area (Å²) < 4.78 is 36.2. The van der Waals surface area contributed by atoms with Gasteiger partial charge in [-0.2, -0.15) is 0 Å². The number of fused-ring (bicyclic) bond motifs is 1. The number of anilines is 1. The summed E-state index contributed by atoms with van der Waals surface area (Å²) in [6.45, 7) is 12.9. The van der Waals surface area contributed by atoms with Gasteiger partial charge in [-0.05, 0) is 48.0 Å². The molecule has 2 heterocycles. The van der Waals surface area contributed by atoms with Crippen LogP contribution < -0.4 is 4.90 Å². The predicted octanol–water partition coefficient (Wildman–Crippen LogP) is 2.95. The number of ether oxygens (including phenoxy) is 5. The number of aliphatic hydroxyl groups is 1. The van der Waals surface area contributed by atoms with E-state index in [-0.39, 0.29) is 18.6 Å². The van der Waals surface area contributed by atoms with Gasteiger partial charge in [-0.3, -0.25) is 9.13 Å².